The van der Waals surface area contributed by atoms with Crippen LogP contribution in [0.4, 0.5) is 5.82 Å². The van der Waals surface area contributed by atoms with E-state index < -0.39 is 0 Å². The maximum absolute atomic E-state index is 13.3. The van der Waals surface area contributed by atoms with Gasteiger partial charge in [0.1, 0.15) is 5.82 Å². The second-order valence-corrected chi connectivity index (χ2v) is 8.97. The van der Waals surface area contributed by atoms with Gasteiger partial charge in [-0.1, -0.05) is 57.0 Å². The molecule has 3 heterocycles. The third kappa shape index (κ3) is 4.91. The van der Waals surface area contributed by atoms with Crippen LogP contribution in [0.1, 0.15) is 70.1 Å². The Balaban J connectivity index is 1.65. The van der Waals surface area contributed by atoms with Crippen LogP contribution in [0.2, 0.25) is 0 Å². The van der Waals surface area contributed by atoms with Crippen LogP contribution < -0.4 is 4.90 Å². The molecule has 0 saturated carbocycles. The quantitative estimate of drug-likeness (QED) is 0.615. The predicted octanol–water partition coefficient (Wildman–Crippen LogP) is 5.24. The summed E-state index contributed by atoms with van der Waals surface area (Å²) in [4.78, 5) is 27.8. The van der Waals surface area contributed by atoms with Gasteiger partial charge in [0.15, 0.2) is 5.82 Å². The van der Waals surface area contributed by atoms with Gasteiger partial charge in [-0.15, -0.1) is 0 Å². The van der Waals surface area contributed by atoms with Crippen molar-refractivity contribution in [3.8, 4) is 11.4 Å². The molecule has 0 bridgehead atoms. The number of unbranched alkanes of at least 4 members (excludes halogenated alkanes) is 1. The van der Waals surface area contributed by atoms with Crippen molar-refractivity contribution in [2.45, 2.75) is 71.8 Å². The first kappa shape index (κ1) is 21.8. The number of carbonyl (C=O) groups is 1. The lowest BCUT2D eigenvalue weighted by molar-refractivity contribution is -0.136. The number of anilines is 1. The zero-order valence-corrected chi connectivity index (χ0v) is 19.1. The summed E-state index contributed by atoms with van der Waals surface area (Å²) in [7, 11) is 0. The van der Waals surface area contributed by atoms with E-state index in [2.05, 4.69) is 35.8 Å². The Labute approximate surface area is 186 Å². The van der Waals surface area contributed by atoms with Crippen molar-refractivity contribution < 1.29 is 4.79 Å². The minimum Gasteiger partial charge on any atom is -0.356 e. The molecule has 1 saturated heterocycles. The fraction of sp³-hybridized carbons (Fsp3) is 0.577. The van der Waals surface area contributed by atoms with Gasteiger partial charge in [0.05, 0.1) is 12.2 Å². The first-order chi connectivity index (χ1) is 15.2. The highest BCUT2D eigenvalue weighted by molar-refractivity contribution is 5.79. The summed E-state index contributed by atoms with van der Waals surface area (Å²) in [6.07, 6.45) is 8.69. The zero-order valence-electron chi connectivity index (χ0n) is 19.1. The van der Waals surface area contributed by atoms with Gasteiger partial charge in [-0.2, -0.15) is 0 Å². The monoisotopic (exact) mass is 420 g/mol. The van der Waals surface area contributed by atoms with Gasteiger partial charge in [-0.3, -0.25) is 4.79 Å². The molecular weight excluding hydrogens is 384 g/mol. The van der Waals surface area contributed by atoms with Gasteiger partial charge in [0, 0.05) is 43.1 Å². The third-order valence-electron chi connectivity index (χ3n) is 6.79. The number of piperidine rings is 1. The molecule has 1 aromatic carbocycles. The van der Waals surface area contributed by atoms with Crippen LogP contribution in [0.25, 0.3) is 11.4 Å². The molecular formula is C26H36N4O. The normalized spacial score (nSPS) is 17.4. The minimum absolute atomic E-state index is 0.143. The number of benzene rings is 1. The van der Waals surface area contributed by atoms with Crippen molar-refractivity contribution in [2.24, 2.45) is 5.92 Å². The van der Waals surface area contributed by atoms with Gasteiger partial charge < -0.3 is 9.80 Å². The average Bonchev–Trinajstić information content (AvgIpc) is 2.84. The summed E-state index contributed by atoms with van der Waals surface area (Å²) in [5, 5.41) is 0. The Morgan fingerprint density at radius 2 is 1.81 bits per heavy atom. The Hall–Kier alpha value is -2.43. The second-order valence-electron chi connectivity index (χ2n) is 8.97. The van der Waals surface area contributed by atoms with E-state index in [1.807, 2.05) is 18.2 Å². The summed E-state index contributed by atoms with van der Waals surface area (Å²) in [6, 6.07) is 10.3. The molecule has 2 aliphatic rings. The van der Waals surface area contributed by atoms with Crippen molar-refractivity contribution in [2.75, 3.05) is 24.5 Å². The van der Waals surface area contributed by atoms with Gasteiger partial charge in [-0.25, -0.2) is 9.97 Å². The van der Waals surface area contributed by atoms with Crippen LogP contribution in [-0.4, -0.2) is 40.4 Å². The van der Waals surface area contributed by atoms with E-state index in [1.165, 1.54) is 24.8 Å². The number of rotatable bonds is 7. The standard InChI is InChI=1S/C26H36N4O/c1-3-5-12-20(4-2)26(31)30-18-15-23-22(19-30)25(29-16-10-7-11-17-29)28-24(27-23)21-13-8-6-9-14-21/h6,8-9,13-14,20H,3-5,7,10-12,15-19H2,1-2H3. The minimum atomic E-state index is 0.143. The highest BCUT2D eigenvalue weighted by Gasteiger charge is 2.30. The Kier molecular flexibility index (Phi) is 7.21. The molecule has 5 heteroatoms. The molecule has 5 nitrogen and oxygen atoms in total. The van der Waals surface area contributed by atoms with Gasteiger partial charge in [0.2, 0.25) is 5.91 Å². The number of nitrogens with zero attached hydrogens (tertiary/aromatic N) is 4. The predicted molar refractivity (Wildman–Crippen MR) is 126 cm³/mol. The van der Waals surface area contributed by atoms with Crippen molar-refractivity contribution >= 4 is 11.7 Å². The molecule has 4 rings (SSSR count). The first-order valence-electron chi connectivity index (χ1n) is 12.2. The number of hydrogen-bond acceptors (Lipinski definition) is 4. The van der Waals surface area contributed by atoms with Crippen LogP contribution in [-0.2, 0) is 17.8 Å². The molecule has 31 heavy (non-hydrogen) atoms. The van der Waals surface area contributed by atoms with Crippen molar-refractivity contribution in [3.05, 3.63) is 41.6 Å². The van der Waals surface area contributed by atoms with Gasteiger partial charge in [-0.05, 0) is 32.1 Å². The molecule has 1 unspecified atom stereocenters. The molecule has 1 atom stereocenters. The van der Waals surface area contributed by atoms with E-state index in [0.29, 0.717) is 12.5 Å². The van der Waals surface area contributed by atoms with E-state index in [-0.39, 0.29) is 5.92 Å². The molecule has 0 aliphatic carbocycles. The van der Waals surface area contributed by atoms with Crippen molar-refractivity contribution in [3.63, 3.8) is 0 Å². The SMILES string of the molecule is CCCCC(CC)C(=O)N1CCc2nc(-c3ccccc3)nc(N3CCCCC3)c2C1. The maximum atomic E-state index is 13.3. The molecule has 1 aromatic heterocycles. The van der Waals surface area contributed by atoms with Crippen LogP contribution >= 0.6 is 0 Å². The molecule has 0 spiro atoms. The number of fused-ring (bicyclic) bond motifs is 1. The molecule has 1 amide bonds. The number of hydrogen-bond donors (Lipinski definition) is 0. The topological polar surface area (TPSA) is 49.3 Å². The smallest absolute Gasteiger partial charge is 0.225 e. The van der Waals surface area contributed by atoms with Crippen LogP contribution in [0.15, 0.2) is 30.3 Å². The molecule has 0 N–H and O–H groups in total. The summed E-state index contributed by atoms with van der Waals surface area (Å²) in [5.41, 5.74) is 3.36. The third-order valence-corrected chi connectivity index (χ3v) is 6.79. The fourth-order valence-corrected chi connectivity index (χ4v) is 4.88. The number of aromatic nitrogens is 2. The zero-order chi connectivity index (χ0) is 21.6. The molecule has 2 aromatic rings. The van der Waals surface area contributed by atoms with E-state index in [4.69, 9.17) is 9.97 Å². The summed E-state index contributed by atoms with van der Waals surface area (Å²) >= 11 is 0. The Morgan fingerprint density at radius 3 is 2.52 bits per heavy atom. The lowest BCUT2D eigenvalue weighted by Crippen LogP contribution is -2.41. The summed E-state index contributed by atoms with van der Waals surface area (Å²) in [5.74, 6) is 2.33. The van der Waals surface area contributed by atoms with E-state index >= 15 is 0 Å². The molecule has 0 radical (unpaired) electrons. The molecule has 166 valence electrons. The lowest BCUT2D eigenvalue weighted by Gasteiger charge is -2.35. The fourth-order valence-electron chi connectivity index (χ4n) is 4.88. The van der Waals surface area contributed by atoms with Crippen molar-refractivity contribution in [1.29, 1.82) is 0 Å². The van der Waals surface area contributed by atoms with E-state index in [1.54, 1.807) is 0 Å². The average molecular weight is 421 g/mol. The van der Waals surface area contributed by atoms with Crippen LogP contribution in [0.3, 0.4) is 0 Å². The largest absolute Gasteiger partial charge is 0.356 e. The van der Waals surface area contributed by atoms with Gasteiger partial charge >= 0.3 is 0 Å². The highest BCUT2D eigenvalue weighted by Crippen LogP contribution is 2.32. The van der Waals surface area contributed by atoms with Crippen LogP contribution in [0, 0.1) is 5.92 Å². The number of amides is 1. The summed E-state index contributed by atoms with van der Waals surface area (Å²) < 4.78 is 0. The second kappa shape index (κ2) is 10.3. The Bertz CT molecular complexity index is 876. The van der Waals surface area contributed by atoms with Crippen LogP contribution in [0.5, 0.6) is 0 Å². The molecule has 2 aliphatic heterocycles. The highest BCUT2D eigenvalue weighted by atomic mass is 16.2. The van der Waals surface area contributed by atoms with E-state index in [9.17, 15) is 4.79 Å². The van der Waals surface area contributed by atoms with E-state index in [0.717, 1.165) is 74.6 Å². The maximum Gasteiger partial charge on any atom is 0.225 e. The first-order valence-corrected chi connectivity index (χ1v) is 12.2. The van der Waals surface area contributed by atoms with Gasteiger partial charge in [0.25, 0.3) is 0 Å². The van der Waals surface area contributed by atoms with Crippen molar-refractivity contribution in [1.82, 2.24) is 14.9 Å². The molecule has 1 fully saturated rings. The Morgan fingerprint density at radius 1 is 1.03 bits per heavy atom. The summed E-state index contributed by atoms with van der Waals surface area (Å²) in [6.45, 7) is 7.84. The lowest BCUT2D eigenvalue weighted by atomic mass is 9.95. The number of carbonyl (C=O) groups excluding carboxylic acids is 1.